The summed E-state index contributed by atoms with van der Waals surface area (Å²) >= 11 is 0. The van der Waals surface area contributed by atoms with E-state index in [1.54, 1.807) is 48.5 Å². The lowest BCUT2D eigenvalue weighted by Gasteiger charge is -2.29. The lowest BCUT2D eigenvalue weighted by Crippen LogP contribution is -2.31. The summed E-state index contributed by atoms with van der Waals surface area (Å²) < 4.78 is 62.2. The van der Waals surface area contributed by atoms with Crippen molar-refractivity contribution in [3.8, 4) is 0 Å². The zero-order valence-corrected chi connectivity index (χ0v) is 21.7. The molecule has 8 heteroatoms. The summed E-state index contributed by atoms with van der Waals surface area (Å²) in [5, 5.41) is 0. The van der Waals surface area contributed by atoms with Crippen LogP contribution in [-0.2, 0) is 28.6 Å². The lowest BCUT2D eigenvalue weighted by atomic mass is 9.80. The number of aryl methyl sites for hydroxylation is 2. The fraction of sp³-hybridized carbons (Fsp3) is 0.462. The molecule has 2 aromatic rings. The Morgan fingerprint density at radius 2 is 1.06 bits per heavy atom. The van der Waals surface area contributed by atoms with E-state index in [9.17, 15) is 16.8 Å². The van der Waals surface area contributed by atoms with Gasteiger partial charge in [0.15, 0.2) is 0 Å². The smallest absolute Gasteiger partial charge is 0.266 e. The maximum absolute atomic E-state index is 12.8. The molecule has 6 nitrogen and oxygen atoms in total. The van der Waals surface area contributed by atoms with Crippen LogP contribution in [0.1, 0.15) is 37.8 Å². The molecule has 0 saturated heterocycles. The maximum Gasteiger partial charge on any atom is 0.296 e. The summed E-state index contributed by atoms with van der Waals surface area (Å²) in [6.07, 6.45) is 1.90. The molecule has 4 atom stereocenters. The molecule has 2 aromatic carbocycles. The van der Waals surface area contributed by atoms with Gasteiger partial charge in [-0.3, -0.25) is 8.37 Å². The Morgan fingerprint density at radius 1 is 0.706 bits per heavy atom. The van der Waals surface area contributed by atoms with Crippen molar-refractivity contribution in [1.29, 1.82) is 0 Å². The first-order valence-corrected chi connectivity index (χ1v) is 14.4. The third-order valence-corrected chi connectivity index (χ3v) is 9.79. The average molecular weight is 505 g/mol. The molecule has 0 unspecified atom stereocenters. The molecule has 0 amide bonds. The Balaban J connectivity index is 1.53. The Morgan fingerprint density at radius 3 is 1.38 bits per heavy atom. The number of allylic oxidation sites excluding steroid dienone is 2. The second kappa shape index (κ2) is 9.57. The van der Waals surface area contributed by atoms with Crippen molar-refractivity contribution < 1.29 is 25.2 Å². The van der Waals surface area contributed by atoms with Crippen molar-refractivity contribution >= 4 is 20.2 Å². The van der Waals surface area contributed by atoms with E-state index in [0.29, 0.717) is 0 Å². The number of rotatable bonds is 8. The van der Waals surface area contributed by atoms with E-state index in [4.69, 9.17) is 8.37 Å². The van der Waals surface area contributed by atoms with Crippen LogP contribution < -0.4 is 0 Å². The van der Waals surface area contributed by atoms with E-state index in [1.807, 2.05) is 13.8 Å². The third-order valence-electron chi connectivity index (χ3n) is 7.20. The highest BCUT2D eigenvalue weighted by Crippen LogP contribution is 2.57. The second-order valence-corrected chi connectivity index (χ2v) is 12.9. The molecule has 2 aliphatic rings. The zero-order valence-electron chi connectivity index (χ0n) is 20.0. The summed E-state index contributed by atoms with van der Waals surface area (Å²) in [4.78, 5) is 0.247. The van der Waals surface area contributed by atoms with Crippen LogP contribution in [0.5, 0.6) is 0 Å². The predicted molar refractivity (Wildman–Crippen MR) is 130 cm³/mol. The molecule has 0 heterocycles. The molecule has 4 rings (SSSR count). The fourth-order valence-electron chi connectivity index (χ4n) is 5.53. The van der Waals surface area contributed by atoms with Crippen LogP contribution in [0.3, 0.4) is 0 Å². The van der Waals surface area contributed by atoms with Crippen molar-refractivity contribution in [2.75, 3.05) is 13.2 Å². The first kappa shape index (κ1) is 25.1. The van der Waals surface area contributed by atoms with E-state index >= 15 is 0 Å². The molecule has 0 spiro atoms. The minimum Gasteiger partial charge on any atom is -0.266 e. The van der Waals surface area contributed by atoms with Gasteiger partial charge in [0.05, 0.1) is 23.0 Å². The number of benzene rings is 2. The van der Waals surface area contributed by atoms with Crippen LogP contribution in [-0.4, -0.2) is 30.0 Å². The highest BCUT2D eigenvalue weighted by Gasteiger charge is 2.52. The second-order valence-electron chi connectivity index (χ2n) is 9.68. The van der Waals surface area contributed by atoms with E-state index in [-0.39, 0.29) is 46.7 Å². The maximum atomic E-state index is 12.8. The first-order valence-electron chi connectivity index (χ1n) is 11.6. The quantitative estimate of drug-likeness (QED) is 0.370. The standard InChI is InChI=1S/C26H32O6S2/c1-17(2)26-22-13-14-23(26)25(16-32-34(29,30)21-11-7-19(4)8-12-21)24(22)15-31-33(27,28)20-9-5-18(3)6-10-20/h5-12,22-25H,13-16H2,1-4H3/t22-,23+,24-,25-/m0/s1. The van der Waals surface area contributed by atoms with Gasteiger partial charge in [-0.05, 0) is 88.5 Å². The minimum atomic E-state index is -3.91. The molecule has 2 aliphatic carbocycles. The van der Waals surface area contributed by atoms with E-state index < -0.39 is 20.2 Å². The topological polar surface area (TPSA) is 86.7 Å². The van der Waals surface area contributed by atoms with Gasteiger partial charge in [-0.25, -0.2) is 0 Å². The van der Waals surface area contributed by atoms with Gasteiger partial charge < -0.3 is 0 Å². The molecular formula is C26H32O6S2. The SMILES string of the molecule is CC(C)=C1[C@H]2CC[C@@H]1[C@H](COS(=O)(=O)c1ccc(C)cc1)[C@H]2COS(=O)(=O)c1ccc(C)cc1. The van der Waals surface area contributed by atoms with Crippen LogP contribution in [0.15, 0.2) is 69.5 Å². The van der Waals surface area contributed by atoms with E-state index in [0.717, 1.165) is 24.0 Å². The summed E-state index contributed by atoms with van der Waals surface area (Å²) in [7, 11) is -7.82. The molecule has 0 aromatic heterocycles. The number of hydrogen-bond acceptors (Lipinski definition) is 6. The molecule has 2 bridgehead atoms. The monoisotopic (exact) mass is 504 g/mol. The normalized spacial score (nSPS) is 24.5. The largest absolute Gasteiger partial charge is 0.296 e. The fourth-order valence-corrected chi connectivity index (χ4v) is 7.42. The Labute approximate surface area is 203 Å². The van der Waals surface area contributed by atoms with Crippen molar-refractivity contribution in [1.82, 2.24) is 0 Å². The average Bonchev–Trinajstić information content (AvgIpc) is 3.34. The van der Waals surface area contributed by atoms with Gasteiger partial charge in [-0.1, -0.05) is 46.5 Å². The van der Waals surface area contributed by atoms with Gasteiger partial charge in [-0.2, -0.15) is 16.8 Å². The number of fused-ring (bicyclic) bond motifs is 2. The zero-order chi connectivity index (χ0) is 24.7. The molecule has 0 radical (unpaired) electrons. The van der Waals surface area contributed by atoms with Gasteiger partial charge in [0.1, 0.15) is 0 Å². The van der Waals surface area contributed by atoms with Crippen LogP contribution in [0.25, 0.3) is 0 Å². The van der Waals surface area contributed by atoms with Crippen molar-refractivity contribution in [3.05, 3.63) is 70.8 Å². The van der Waals surface area contributed by atoms with Crippen LogP contribution in [0.2, 0.25) is 0 Å². The molecule has 0 N–H and O–H groups in total. The van der Waals surface area contributed by atoms with Gasteiger partial charge in [0.25, 0.3) is 20.2 Å². The highest BCUT2D eigenvalue weighted by molar-refractivity contribution is 7.87. The number of hydrogen-bond donors (Lipinski definition) is 0. The lowest BCUT2D eigenvalue weighted by molar-refractivity contribution is 0.101. The van der Waals surface area contributed by atoms with Crippen LogP contribution in [0, 0.1) is 37.5 Å². The third kappa shape index (κ3) is 5.00. The van der Waals surface area contributed by atoms with Gasteiger partial charge in [-0.15, -0.1) is 0 Å². The summed E-state index contributed by atoms with van der Waals surface area (Å²) in [6, 6.07) is 13.1. The Bertz CT molecular complexity index is 1180. The molecule has 184 valence electrons. The molecule has 0 aliphatic heterocycles. The highest BCUT2D eigenvalue weighted by atomic mass is 32.2. The van der Waals surface area contributed by atoms with Gasteiger partial charge in [0.2, 0.25) is 0 Å². The van der Waals surface area contributed by atoms with Crippen LogP contribution in [0.4, 0.5) is 0 Å². The first-order chi connectivity index (χ1) is 16.0. The Hall–Kier alpha value is -2.00. The minimum absolute atomic E-state index is 0.00671. The molecular weight excluding hydrogens is 472 g/mol. The van der Waals surface area contributed by atoms with Crippen molar-refractivity contribution in [2.45, 2.75) is 50.3 Å². The van der Waals surface area contributed by atoms with Gasteiger partial charge in [0, 0.05) is 0 Å². The van der Waals surface area contributed by atoms with Gasteiger partial charge >= 0.3 is 0 Å². The molecule has 34 heavy (non-hydrogen) atoms. The summed E-state index contributed by atoms with van der Waals surface area (Å²) in [5.41, 5.74) is 4.45. The summed E-state index contributed by atoms with van der Waals surface area (Å²) in [6.45, 7) is 7.92. The van der Waals surface area contributed by atoms with Crippen molar-refractivity contribution in [2.24, 2.45) is 23.7 Å². The van der Waals surface area contributed by atoms with E-state index in [1.165, 1.54) is 11.1 Å². The summed E-state index contributed by atoms with van der Waals surface area (Å²) in [5.74, 6) is 0.104. The van der Waals surface area contributed by atoms with E-state index in [2.05, 4.69) is 13.8 Å². The predicted octanol–water partition coefficient (Wildman–Crippen LogP) is 5.02. The molecule has 2 saturated carbocycles. The van der Waals surface area contributed by atoms with Crippen LogP contribution >= 0.6 is 0 Å². The Kier molecular flexibility index (Phi) is 7.06. The van der Waals surface area contributed by atoms with Crippen molar-refractivity contribution in [3.63, 3.8) is 0 Å². The molecule has 2 fully saturated rings.